The van der Waals surface area contributed by atoms with E-state index in [2.05, 4.69) is 14.7 Å². The highest BCUT2D eigenvalue weighted by atomic mass is 32.2. The molecule has 0 saturated heterocycles. The Morgan fingerprint density at radius 3 is 2.34 bits per heavy atom. The Hall–Kier alpha value is -3.04. The van der Waals surface area contributed by atoms with Crippen molar-refractivity contribution in [3.63, 3.8) is 0 Å². The van der Waals surface area contributed by atoms with E-state index in [1.807, 2.05) is 6.07 Å². The van der Waals surface area contributed by atoms with Gasteiger partial charge in [-0.05, 0) is 48.5 Å². The normalized spacial score (nSPS) is 11.1. The molecule has 0 unspecified atom stereocenters. The number of hydrogen-bond acceptors (Lipinski definition) is 7. The first-order valence-corrected chi connectivity index (χ1v) is 11.0. The molecule has 2 aromatic heterocycles. The smallest absolute Gasteiger partial charge is 0.279 e. The average molecular weight is 428 g/mol. The Balaban J connectivity index is 1.70. The van der Waals surface area contributed by atoms with Crippen LogP contribution in [0.2, 0.25) is 0 Å². The molecule has 0 amide bonds. The zero-order valence-corrected chi connectivity index (χ0v) is 17.0. The van der Waals surface area contributed by atoms with Gasteiger partial charge in [-0.1, -0.05) is 17.8 Å². The van der Waals surface area contributed by atoms with Crippen molar-refractivity contribution >= 4 is 38.4 Å². The third kappa shape index (κ3) is 5.49. The molecule has 29 heavy (non-hydrogen) atoms. The number of thioether (sulfide) groups is 1. The van der Waals surface area contributed by atoms with Crippen LogP contribution in [0.5, 0.6) is 0 Å². The lowest BCUT2D eigenvalue weighted by molar-refractivity contribution is -0.109. The highest BCUT2D eigenvalue weighted by Gasteiger charge is 2.16. The Morgan fingerprint density at radius 1 is 1.00 bits per heavy atom. The first-order valence-electron chi connectivity index (χ1n) is 8.52. The number of rotatable bonds is 7. The number of carbonyl (C=O) groups is 2. The minimum atomic E-state index is -3.88. The second-order valence-electron chi connectivity index (χ2n) is 5.99. The van der Waals surface area contributed by atoms with Gasteiger partial charge in [-0.3, -0.25) is 19.3 Å². The number of Topliss-reactive ketones (excluding diaryl/α,β-unsaturated/α-hetero) is 1. The predicted molar refractivity (Wildman–Crippen MR) is 112 cm³/mol. The molecule has 0 radical (unpaired) electrons. The third-order valence-electron chi connectivity index (χ3n) is 3.84. The number of anilines is 1. The van der Waals surface area contributed by atoms with E-state index >= 15 is 0 Å². The predicted octanol–water partition coefficient (Wildman–Crippen LogP) is 3.41. The fourth-order valence-corrected chi connectivity index (χ4v) is 3.90. The number of carbonyl (C=O) groups excluding carboxylic acids is 2. The fourth-order valence-electron chi connectivity index (χ4n) is 2.41. The molecule has 148 valence electrons. The summed E-state index contributed by atoms with van der Waals surface area (Å²) in [6.07, 6.45) is 3.10. The average Bonchev–Trinajstić information content (AvgIpc) is 2.73. The van der Waals surface area contributed by atoms with E-state index in [0.29, 0.717) is 22.5 Å². The molecule has 0 aliphatic carbocycles. The van der Waals surface area contributed by atoms with E-state index in [9.17, 15) is 18.0 Å². The van der Waals surface area contributed by atoms with Crippen LogP contribution in [0.1, 0.15) is 17.3 Å². The van der Waals surface area contributed by atoms with Crippen LogP contribution >= 0.6 is 11.8 Å². The van der Waals surface area contributed by atoms with Gasteiger partial charge in [0.25, 0.3) is 10.0 Å². The van der Waals surface area contributed by atoms with Crippen LogP contribution in [0.3, 0.4) is 0 Å². The van der Waals surface area contributed by atoms with Gasteiger partial charge < -0.3 is 0 Å². The zero-order chi connectivity index (χ0) is 20.9. The largest absolute Gasteiger partial charge is 0.293 e. The molecule has 0 fully saturated rings. The van der Waals surface area contributed by atoms with Crippen molar-refractivity contribution in [2.45, 2.75) is 11.9 Å². The van der Waals surface area contributed by atoms with Gasteiger partial charge >= 0.3 is 0 Å². The fraction of sp³-hybridized carbons (Fsp3) is 0.100. The van der Waals surface area contributed by atoms with Crippen molar-refractivity contribution in [2.24, 2.45) is 0 Å². The van der Waals surface area contributed by atoms with E-state index in [4.69, 9.17) is 0 Å². The monoisotopic (exact) mass is 427 g/mol. The molecule has 2 heterocycles. The number of benzene rings is 1. The molecule has 0 aliphatic rings. The molecule has 1 aromatic carbocycles. The summed E-state index contributed by atoms with van der Waals surface area (Å²) in [5.74, 6) is -0.154. The molecular weight excluding hydrogens is 410 g/mol. The second-order valence-corrected chi connectivity index (χ2v) is 8.77. The number of sulfonamides is 1. The van der Waals surface area contributed by atoms with Gasteiger partial charge in [0.2, 0.25) is 0 Å². The maximum Gasteiger partial charge on any atom is 0.279 e. The molecular formula is C20H17N3O4S2. The molecule has 0 saturated carbocycles. The summed E-state index contributed by atoms with van der Waals surface area (Å²) >= 11 is 0.932. The summed E-state index contributed by atoms with van der Waals surface area (Å²) in [6.45, 7) is 1.40. The summed E-state index contributed by atoms with van der Waals surface area (Å²) in [6, 6.07) is 14.5. The van der Waals surface area contributed by atoms with Crippen LogP contribution in [0, 0.1) is 0 Å². The zero-order valence-electron chi connectivity index (χ0n) is 15.4. The van der Waals surface area contributed by atoms with Crippen molar-refractivity contribution in [3.8, 4) is 11.3 Å². The lowest BCUT2D eigenvalue weighted by Crippen LogP contribution is -2.14. The Kier molecular flexibility index (Phi) is 6.40. The molecule has 0 spiro atoms. The van der Waals surface area contributed by atoms with Crippen molar-refractivity contribution in [3.05, 3.63) is 72.6 Å². The number of ketones is 1. The number of nitrogens with zero attached hydrogens (tertiary/aromatic N) is 2. The lowest BCUT2D eigenvalue weighted by Gasteiger charge is -2.09. The van der Waals surface area contributed by atoms with Crippen LogP contribution in [-0.4, -0.2) is 35.0 Å². The molecule has 7 nitrogen and oxygen atoms in total. The molecule has 3 aromatic rings. The Labute approximate surface area is 172 Å². The van der Waals surface area contributed by atoms with E-state index in [0.717, 1.165) is 11.8 Å². The quantitative estimate of drug-likeness (QED) is 0.576. The first-order chi connectivity index (χ1) is 13.8. The molecule has 1 N–H and O–H groups in total. The first kappa shape index (κ1) is 20.7. The standard InChI is InChI=1S/C20H17N3O4S2/c1-14(24)28-13-19(25)15-5-8-17(9-6-15)23-29(26,27)20-10-7-16(12-22-20)18-4-2-3-11-21-18/h2-12,23H,13H2,1H3. The van der Waals surface area contributed by atoms with Gasteiger partial charge in [0.15, 0.2) is 15.9 Å². The van der Waals surface area contributed by atoms with Gasteiger partial charge in [0.05, 0.1) is 11.4 Å². The number of aromatic nitrogens is 2. The van der Waals surface area contributed by atoms with Gasteiger partial charge in [-0.25, -0.2) is 4.98 Å². The van der Waals surface area contributed by atoms with Crippen molar-refractivity contribution < 1.29 is 18.0 Å². The number of pyridine rings is 2. The highest BCUT2D eigenvalue weighted by molar-refractivity contribution is 8.14. The summed E-state index contributed by atoms with van der Waals surface area (Å²) in [4.78, 5) is 31.2. The second kappa shape index (κ2) is 8.97. The van der Waals surface area contributed by atoms with Gasteiger partial charge in [0.1, 0.15) is 0 Å². The minimum Gasteiger partial charge on any atom is -0.293 e. The topological polar surface area (TPSA) is 106 Å². The van der Waals surface area contributed by atoms with Crippen LogP contribution < -0.4 is 4.72 Å². The number of hydrogen-bond donors (Lipinski definition) is 1. The van der Waals surface area contributed by atoms with E-state index in [1.54, 1.807) is 24.4 Å². The van der Waals surface area contributed by atoms with Crippen LogP contribution in [-0.2, 0) is 14.8 Å². The van der Waals surface area contributed by atoms with Gasteiger partial charge in [-0.2, -0.15) is 8.42 Å². The van der Waals surface area contributed by atoms with Crippen molar-refractivity contribution in [1.29, 1.82) is 0 Å². The number of nitrogens with one attached hydrogen (secondary N) is 1. The molecule has 0 atom stereocenters. The maximum absolute atomic E-state index is 12.5. The van der Waals surface area contributed by atoms with E-state index < -0.39 is 10.0 Å². The van der Waals surface area contributed by atoms with Gasteiger partial charge in [-0.15, -0.1) is 0 Å². The van der Waals surface area contributed by atoms with Gasteiger partial charge in [0, 0.05) is 36.1 Å². The molecule has 9 heteroatoms. The van der Waals surface area contributed by atoms with Crippen molar-refractivity contribution in [1.82, 2.24) is 9.97 Å². The summed E-state index contributed by atoms with van der Waals surface area (Å²) < 4.78 is 27.5. The maximum atomic E-state index is 12.5. The summed E-state index contributed by atoms with van der Waals surface area (Å²) in [5.41, 5.74) is 2.10. The molecule has 0 aliphatic heterocycles. The van der Waals surface area contributed by atoms with Crippen LogP contribution in [0.25, 0.3) is 11.3 Å². The highest BCUT2D eigenvalue weighted by Crippen LogP contribution is 2.19. The summed E-state index contributed by atoms with van der Waals surface area (Å²) in [5, 5.41) is -0.264. The van der Waals surface area contributed by atoms with E-state index in [1.165, 1.54) is 43.5 Å². The molecule has 3 rings (SSSR count). The van der Waals surface area contributed by atoms with Crippen LogP contribution in [0.15, 0.2) is 72.0 Å². The summed E-state index contributed by atoms with van der Waals surface area (Å²) in [7, 11) is -3.88. The van der Waals surface area contributed by atoms with Crippen molar-refractivity contribution in [2.75, 3.05) is 10.5 Å². The SMILES string of the molecule is CC(=O)SCC(=O)c1ccc(NS(=O)(=O)c2ccc(-c3ccccn3)cn2)cc1. The Bertz CT molecular complexity index is 1110. The molecule has 0 bridgehead atoms. The van der Waals surface area contributed by atoms with E-state index in [-0.39, 0.29) is 21.7 Å². The lowest BCUT2D eigenvalue weighted by atomic mass is 10.1. The van der Waals surface area contributed by atoms with Crippen LogP contribution in [0.4, 0.5) is 5.69 Å². The Morgan fingerprint density at radius 2 is 1.76 bits per heavy atom. The third-order valence-corrected chi connectivity index (χ3v) is 5.95. The minimum absolute atomic E-state index is 0.0486.